The zero-order valence-corrected chi connectivity index (χ0v) is 20.7. The Morgan fingerprint density at radius 2 is 1.78 bits per heavy atom. The molecule has 0 atom stereocenters. The SMILES string of the molecule is CC(C)N(CC1CCN(C(=O)Cn2nc(-c3ccncc3)cc2Cc2ccc(F)cc2)CC1)C(=O)O. The van der Waals surface area contributed by atoms with Crippen LogP contribution >= 0.6 is 0 Å². The lowest BCUT2D eigenvalue weighted by Crippen LogP contribution is -2.45. The van der Waals surface area contributed by atoms with E-state index in [1.54, 1.807) is 29.2 Å². The van der Waals surface area contributed by atoms with Crippen LogP contribution in [-0.2, 0) is 17.8 Å². The van der Waals surface area contributed by atoms with Crippen LogP contribution < -0.4 is 0 Å². The number of amides is 2. The maximum Gasteiger partial charge on any atom is 0.407 e. The van der Waals surface area contributed by atoms with E-state index in [9.17, 15) is 19.1 Å². The maximum absolute atomic E-state index is 13.4. The Hall–Kier alpha value is -3.75. The van der Waals surface area contributed by atoms with E-state index in [0.29, 0.717) is 26.1 Å². The lowest BCUT2D eigenvalue weighted by atomic mass is 9.95. The summed E-state index contributed by atoms with van der Waals surface area (Å²) < 4.78 is 15.1. The highest BCUT2D eigenvalue weighted by atomic mass is 19.1. The van der Waals surface area contributed by atoms with Gasteiger partial charge in [0.05, 0.1) is 5.69 Å². The highest BCUT2D eigenvalue weighted by Gasteiger charge is 2.27. The minimum atomic E-state index is -0.902. The van der Waals surface area contributed by atoms with Gasteiger partial charge in [0.1, 0.15) is 12.4 Å². The first-order valence-electron chi connectivity index (χ1n) is 12.3. The second-order valence-corrected chi connectivity index (χ2v) is 9.57. The summed E-state index contributed by atoms with van der Waals surface area (Å²) >= 11 is 0. The minimum Gasteiger partial charge on any atom is -0.465 e. The average molecular weight is 494 g/mol. The predicted molar refractivity (Wildman–Crippen MR) is 134 cm³/mol. The summed E-state index contributed by atoms with van der Waals surface area (Å²) in [5.74, 6) is -0.0649. The molecule has 0 aliphatic carbocycles. The molecule has 0 spiro atoms. The van der Waals surface area contributed by atoms with Crippen molar-refractivity contribution in [1.29, 1.82) is 0 Å². The molecule has 190 valence electrons. The molecule has 0 saturated carbocycles. The van der Waals surface area contributed by atoms with Crippen molar-refractivity contribution in [2.45, 2.75) is 45.7 Å². The van der Waals surface area contributed by atoms with E-state index in [1.165, 1.54) is 17.0 Å². The molecule has 4 rings (SSSR count). The summed E-state index contributed by atoms with van der Waals surface area (Å²) in [5.41, 5.74) is 3.46. The van der Waals surface area contributed by atoms with Gasteiger partial charge in [0.15, 0.2) is 0 Å². The molecular formula is C27H32FN5O3. The normalized spacial score (nSPS) is 14.3. The second-order valence-electron chi connectivity index (χ2n) is 9.57. The highest BCUT2D eigenvalue weighted by Crippen LogP contribution is 2.23. The van der Waals surface area contributed by atoms with E-state index in [-0.39, 0.29) is 30.2 Å². The molecule has 1 N–H and O–H groups in total. The number of pyridine rings is 1. The first-order valence-corrected chi connectivity index (χ1v) is 12.3. The zero-order valence-electron chi connectivity index (χ0n) is 20.7. The van der Waals surface area contributed by atoms with Gasteiger partial charge in [-0.1, -0.05) is 12.1 Å². The van der Waals surface area contributed by atoms with Crippen molar-refractivity contribution in [3.63, 3.8) is 0 Å². The Morgan fingerprint density at radius 1 is 1.11 bits per heavy atom. The fourth-order valence-corrected chi connectivity index (χ4v) is 4.59. The van der Waals surface area contributed by atoms with Crippen LogP contribution in [0.5, 0.6) is 0 Å². The molecule has 36 heavy (non-hydrogen) atoms. The van der Waals surface area contributed by atoms with E-state index < -0.39 is 6.09 Å². The summed E-state index contributed by atoms with van der Waals surface area (Å²) in [5, 5.41) is 14.2. The average Bonchev–Trinajstić information content (AvgIpc) is 3.26. The summed E-state index contributed by atoms with van der Waals surface area (Å²) in [7, 11) is 0. The van der Waals surface area contributed by atoms with Gasteiger partial charge in [-0.15, -0.1) is 0 Å². The molecule has 0 radical (unpaired) electrons. The van der Waals surface area contributed by atoms with Crippen LogP contribution in [0.2, 0.25) is 0 Å². The van der Waals surface area contributed by atoms with Crippen molar-refractivity contribution < 1.29 is 19.1 Å². The molecule has 1 aliphatic rings. The molecule has 8 nitrogen and oxygen atoms in total. The smallest absolute Gasteiger partial charge is 0.407 e. The molecular weight excluding hydrogens is 461 g/mol. The molecule has 9 heteroatoms. The molecule has 1 aliphatic heterocycles. The highest BCUT2D eigenvalue weighted by molar-refractivity contribution is 5.76. The Balaban J connectivity index is 1.45. The van der Waals surface area contributed by atoms with Crippen molar-refractivity contribution in [1.82, 2.24) is 24.6 Å². The fraction of sp³-hybridized carbons (Fsp3) is 0.407. The fourth-order valence-electron chi connectivity index (χ4n) is 4.59. The molecule has 1 fully saturated rings. The maximum atomic E-state index is 13.4. The third kappa shape index (κ3) is 6.27. The molecule has 1 saturated heterocycles. The number of carbonyl (C=O) groups is 2. The number of halogens is 1. The number of hydrogen-bond donors (Lipinski definition) is 1. The van der Waals surface area contributed by atoms with E-state index in [2.05, 4.69) is 4.98 Å². The molecule has 2 aromatic heterocycles. The number of rotatable bonds is 8. The minimum absolute atomic E-state index is 0.0165. The van der Waals surface area contributed by atoms with Gasteiger partial charge >= 0.3 is 6.09 Å². The van der Waals surface area contributed by atoms with Crippen molar-refractivity contribution in [2.24, 2.45) is 5.92 Å². The number of aromatic nitrogens is 3. The topological polar surface area (TPSA) is 91.6 Å². The number of piperidine rings is 1. The van der Waals surface area contributed by atoms with Gasteiger partial charge in [-0.2, -0.15) is 5.10 Å². The molecule has 1 aromatic carbocycles. The largest absolute Gasteiger partial charge is 0.465 e. The van der Waals surface area contributed by atoms with Crippen molar-refractivity contribution in [2.75, 3.05) is 19.6 Å². The lowest BCUT2D eigenvalue weighted by molar-refractivity contribution is -0.133. The Bertz CT molecular complexity index is 1170. The summed E-state index contributed by atoms with van der Waals surface area (Å²) in [6.07, 6.45) is 4.56. The zero-order chi connectivity index (χ0) is 25.7. The molecule has 3 aromatic rings. The Labute approximate surface area is 210 Å². The van der Waals surface area contributed by atoms with Crippen molar-refractivity contribution in [3.8, 4) is 11.3 Å². The first kappa shape index (κ1) is 25.3. The number of carbonyl (C=O) groups excluding carboxylic acids is 1. The van der Waals surface area contributed by atoms with E-state index in [0.717, 1.165) is 35.4 Å². The predicted octanol–water partition coefficient (Wildman–Crippen LogP) is 4.30. The molecule has 0 unspecified atom stereocenters. The quantitative estimate of drug-likeness (QED) is 0.505. The summed E-state index contributed by atoms with van der Waals surface area (Å²) in [6, 6.07) is 12.0. The van der Waals surface area contributed by atoms with Crippen LogP contribution in [-0.4, -0.2) is 67.3 Å². The van der Waals surface area contributed by atoms with Gasteiger partial charge < -0.3 is 14.9 Å². The summed E-state index contributed by atoms with van der Waals surface area (Å²) in [6.45, 7) is 5.55. The number of hydrogen-bond acceptors (Lipinski definition) is 4. The van der Waals surface area contributed by atoms with Gasteiger partial charge in [-0.3, -0.25) is 14.5 Å². The molecule has 3 heterocycles. The third-order valence-electron chi connectivity index (χ3n) is 6.71. The van der Waals surface area contributed by atoms with Crippen LogP contribution in [0.25, 0.3) is 11.3 Å². The van der Waals surface area contributed by atoms with Crippen LogP contribution in [0.3, 0.4) is 0 Å². The van der Waals surface area contributed by atoms with E-state index in [4.69, 9.17) is 5.10 Å². The molecule has 2 amide bonds. The van der Waals surface area contributed by atoms with Crippen molar-refractivity contribution >= 4 is 12.0 Å². The van der Waals surface area contributed by atoms with Crippen LogP contribution in [0.1, 0.15) is 37.9 Å². The van der Waals surface area contributed by atoms with E-state index in [1.807, 2.05) is 36.9 Å². The van der Waals surface area contributed by atoms with Gasteiger partial charge in [0.25, 0.3) is 0 Å². The van der Waals surface area contributed by atoms with Crippen molar-refractivity contribution in [3.05, 3.63) is 71.9 Å². The van der Waals surface area contributed by atoms with E-state index >= 15 is 0 Å². The number of nitrogens with zero attached hydrogens (tertiary/aromatic N) is 5. The van der Waals surface area contributed by atoms with Gasteiger partial charge in [-0.05, 0) is 68.5 Å². The monoisotopic (exact) mass is 493 g/mol. The standard InChI is InChI=1S/C27H32FN5O3/c1-19(2)32(27(35)36)17-21-9-13-31(14-10-21)26(34)18-33-24(15-20-3-5-23(28)6-4-20)16-25(30-33)22-7-11-29-12-8-22/h3-8,11-12,16,19,21H,9-10,13-15,17-18H2,1-2H3,(H,35,36). The molecule has 0 bridgehead atoms. The van der Waals surface area contributed by atoms with Crippen LogP contribution in [0.4, 0.5) is 9.18 Å². The number of benzene rings is 1. The third-order valence-corrected chi connectivity index (χ3v) is 6.71. The Kier molecular flexibility index (Phi) is 7.97. The number of carboxylic acid groups (broad SMARTS) is 1. The van der Waals surface area contributed by atoms with Gasteiger partial charge in [0, 0.05) is 55.7 Å². The second kappa shape index (κ2) is 11.3. The summed E-state index contributed by atoms with van der Waals surface area (Å²) in [4.78, 5) is 32.1. The van der Waals surface area contributed by atoms with Crippen LogP contribution in [0.15, 0.2) is 54.9 Å². The van der Waals surface area contributed by atoms with Gasteiger partial charge in [-0.25, -0.2) is 9.18 Å². The van der Waals surface area contributed by atoms with Gasteiger partial charge in [0.2, 0.25) is 5.91 Å². The Morgan fingerprint density at radius 3 is 2.39 bits per heavy atom. The number of likely N-dealkylation sites (tertiary alicyclic amines) is 1. The van der Waals surface area contributed by atoms with Crippen LogP contribution in [0, 0.1) is 11.7 Å². The first-order chi connectivity index (χ1) is 17.3. The lowest BCUT2D eigenvalue weighted by Gasteiger charge is -2.35.